The number of hydrogen-bond acceptors (Lipinski definition) is 3. The first-order valence-electron chi connectivity index (χ1n) is 10.9. The lowest BCUT2D eigenvalue weighted by molar-refractivity contribution is 0.0695. The van der Waals surface area contributed by atoms with E-state index in [-0.39, 0.29) is 16.9 Å². The van der Waals surface area contributed by atoms with Gasteiger partial charge in [-0.25, -0.2) is 14.5 Å². The van der Waals surface area contributed by atoms with Crippen molar-refractivity contribution in [3.05, 3.63) is 119 Å². The monoisotopic (exact) mass is 437 g/mol. The van der Waals surface area contributed by atoms with Crippen LogP contribution in [0, 0.1) is 0 Å². The summed E-state index contributed by atoms with van der Waals surface area (Å²) in [6.45, 7) is 6.38. The first-order chi connectivity index (χ1) is 15.8. The van der Waals surface area contributed by atoms with Gasteiger partial charge in [-0.1, -0.05) is 93.6 Å². The fourth-order valence-electron chi connectivity index (χ4n) is 3.96. The van der Waals surface area contributed by atoms with Gasteiger partial charge >= 0.3 is 5.97 Å². The molecule has 1 unspecified atom stereocenters. The molecule has 166 valence electrons. The molecule has 0 aliphatic carbocycles. The normalized spacial score (nSPS) is 13.0. The lowest BCUT2D eigenvalue weighted by Gasteiger charge is -2.26. The van der Waals surface area contributed by atoms with Gasteiger partial charge in [0.15, 0.2) is 0 Å². The summed E-state index contributed by atoms with van der Waals surface area (Å²) in [4.78, 5) is 16.5. The van der Waals surface area contributed by atoms with Crippen LogP contribution in [0.5, 0.6) is 0 Å². The standard InChI is InChI=1S/C28H27N3O2/c1-28(2,3)22-14-15-23(27(32)33)24(17-22)26(21-12-8-5-9-13-21)25(31-19-29-18-30-31)16-20-10-6-4-7-11-20/h4-19,26H,1-3H3,(H,32,33)/b25-16+. The molecule has 4 rings (SSSR count). The molecule has 0 saturated heterocycles. The Hall–Kier alpha value is -3.99. The van der Waals surface area contributed by atoms with E-state index in [2.05, 4.69) is 30.9 Å². The van der Waals surface area contributed by atoms with Gasteiger partial charge in [0.2, 0.25) is 0 Å². The molecule has 1 N–H and O–H groups in total. The van der Waals surface area contributed by atoms with Crippen molar-refractivity contribution in [3.8, 4) is 0 Å². The lowest BCUT2D eigenvalue weighted by atomic mass is 9.79. The van der Waals surface area contributed by atoms with Gasteiger partial charge in [0.1, 0.15) is 12.7 Å². The predicted molar refractivity (Wildman–Crippen MR) is 131 cm³/mol. The molecule has 4 aromatic rings. The Kier molecular flexibility index (Phi) is 6.22. The lowest BCUT2D eigenvalue weighted by Crippen LogP contribution is -2.18. The number of allylic oxidation sites excluding steroid dienone is 1. The third-order valence-corrected chi connectivity index (χ3v) is 5.69. The second-order valence-electron chi connectivity index (χ2n) is 9.02. The highest BCUT2D eigenvalue weighted by Crippen LogP contribution is 2.39. The molecule has 1 atom stereocenters. The van der Waals surface area contributed by atoms with Gasteiger partial charge in [-0.2, -0.15) is 5.10 Å². The molecular formula is C28H27N3O2. The van der Waals surface area contributed by atoms with Crippen molar-refractivity contribution in [2.75, 3.05) is 0 Å². The molecule has 5 nitrogen and oxygen atoms in total. The number of nitrogens with zero attached hydrogens (tertiary/aromatic N) is 3. The van der Waals surface area contributed by atoms with Crippen molar-refractivity contribution < 1.29 is 9.90 Å². The number of aromatic carboxylic acids is 1. The summed E-state index contributed by atoms with van der Waals surface area (Å²) in [6, 6.07) is 25.6. The molecule has 1 aromatic heterocycles. The Morgan fingerprint density at radius 1 is 0.970 bits per heavy atom. The van der Waals surface area contributed by atoms with E-state index in [1.165, 1.54) is 6.33 Å². The van der Waals surface area contributed by atoms with Crippen molar-refractivity contribution in [2.24, 2.45) is 0 Å². The Balaban J connectivity index is 2.04. The first kappa shape index (κ1) is 22.2. The van der Waals surface area contributed by atoms with Crippen LogP contribution in [0.1, 0.15) is 59.3 Å². The third kappa shape index (κ3) is 4.93. The maximum atomic E-state index is 12.3. The largest absolute Gasteiger partial charge is 0.478 e. The summed E-state index contributed by atoms with van der Waals surface area (Å²) in [7, 11) is 0. The number of carboxylic acid groups (broad SMARTS) is 1. The summed E-state index contributed by atoms with van der Waals surface area (Å²) < 4.78 is 1.72. The highest BCUT2D eigenvalue weighted by Gasteiger charge is 2.28. The van der Waals surface area contributed by atoms with Crippen LogP contribution in [0.15, 0.2) is 91.5 Å². The molecule has 0 fully saturated rings. The van der Waals surface area contributed by atoms with Crippen molar-refractivity contribution in [1.29, 1.82) is 0 Å². The maximum absolute atomic E-state index is 12.3. The molecule has 0 spiro atoms. The average molecular weight is 438 g/mol. The Morgan fingerprint density at radius 3 is 2.21 bits per heavy atom. The quantitative estimate of drug-likeness (QED) is 0.395. The van der Waals surface area contributed by atoms with Crippen molar-refractivity contribution in [1.82, 2.24) is 14.8 Å². The van der Waals surface area contributed by atoms with E-state index in [4.69, 9.17) is 0 Å². The van der Waals surface area contributed by atoms with E-state index in [0.29, 0.717) is 0 Å². The molecule has 3 aromatic carbocycles. The highest BCUT2D eigenvalue weighted by atomic mass is 16.4. The second-order valence-corrected chi connectivity index (χ2v) is 9.02. The third-order valence-electron chi connectivity index (χ3n) is 5.69. The van der Waals surface area contributed by atoms with Gasteiger partial charge in [-0.3, -0.25) is 0 Å². The van der Waals surface area contributed by atoms with E-state index in [1.807, 2.05) is 78.9 Å². The molecule has 0 aliphatic heterocycles. The number of aromatic nitrogens is 3. The highest BCUT2D eigenvalue weighted by molar-refractivity contribution is 5.92. The van der Waals surface area contributed by atoms with Crippen molar-refractivity contribution in [2.45, 2.75) is 32.1 Å². The SMILES string of the molecule is CC(C)(C)c1ccc(C(=O)O)c(C(/C(=C\c2ccccc2)n2cncn2)c2ccccc2)c1. The molecular weight excluding hydrogens is 410 g/mol. The van der Waals surface area contributed by atoms with Crippen LogP contribution in [-0.4, -0.2) is 25.8 Å². The Bertz CT molecular complexity index is 1260. The zero-order valence-electron chi connectivity index (χ0n) is 19.0. The van der Waals surface area contributed by atoms with Gasteiger partial charge in [-0.15, -0.1) is 0 Å². The van der Waals surface area contributed by atoms with Gasteiger partial charge in [0, 0.05) is 0 Å². The minimum atomic E-state index is -0.955. The van der Waals surface area contributed by atoms with Crippen LogP contribution in [0.2, 0.25) is 0 Å². The van der Waals surface area contributed by atoms with E-state index in [1.54, 1.807) is 17.1 Å². The number of benzene rings is 3. The van der Waals surface area contributed by atoms with Crippen LogP contribution in [-0.2, 0) is 5.41 Å². The number of hydrogen-bond donors (Lipinski definition) is 1. The van der Waals surface area contributed by atoms with Crippen LogP contribution in [0.25, 0.3) is 11.8 Å². The van der Waals surface area contributed by atoms with Crippen LogP contribution in [0.4, 0.5) is 0 Å². The van der Waals surface area contributed by atoms with E-state index in [0.717, 1.165) is 28.0 Å². The van der Waals surface area contributed by atoms with Gasteiger partial charge < -0.3 is 5.11 Å². The minimum absolute atomic E-state index is 0.135. The number of carboxylic acids is 1. The van der Waals surface area contributed by atoms with E-state index < -0.39 is 5.97 Å². The molecule has 0 amide bonds. The molecule has 0 radical (unpaired) electrons. The molecule has 5 heteroatoms. The fraction of sp³-hybridized carbons (Fsp3) is 0.179. The smallest absolute Gasteiger partial charge is 0.335 e. The van der Waals surface area contributed by atoms with Crippen molar-refractivity contribution in [3.63, 3.8) is 0 Å². The molecule has 33 heavy (non-hydrogen) atoms. The Labute approximate surface area is 194 Å². The van der Waals surface area contributed by atoms with Crippen LogP contribution >= 0.6 is 0 Å². The number of rotatable bonds is 6. The molecule has 0 saturated carbocycles. The first-order valence-corrected chi connectivity index (χ1v) is 10.9. The van der Waals surface area contributed by atoms with Gasteiger partial charge in [0.05, 0.1) is 17.2 Å². The predicted octanol–water partition coefficient (Wildman–Crippen LogP) is 6.10. The second kappa shape index (κ2) is 9.25. The average Bonchev–Trinajstić information content (AvgIpc) is 3.34. The summed E-state index contributed by atoms with van der Waals surface area (Å²) in [5.74, 6) is -1.33. The molecule has 1 heterocycles. The summed E-state index contributed by atoms with van der Waals surface area (Å²) in [5.41, 5.74) is 4.72. The van der Waals surface area contributed by atoms with Crippen LogP contribution < -0.4 is 0 Å². The summed E-state index contributed by atoms with van der Waals surface area (Å²) >= 11 is 0. The van der Waals surface area contributed by atoms with E-state index in [9.17, 15) is 9.90 Å². The van der Waals surface area contributed by atoms with Crippen molar-refractivity contribution >= 4 is 17.7 Å². The maximum Gasteiger partial charge on any atom is 0.335 e. The summed E-state index contributed by atoms with van der Waals surface area (Å²) in [5, 5.41) is 14.5. The summed E-state index contributed by atoms with van der Waals surface area (Å²) in [6.07, 6.45) is 5.19. The topological polar surface area (TPSA) is 68.0 Å². The molecule has 0 aliphatic rings. The zero-order chi connectivity index (χ0) is 23.4. The fourth-order valence-corrected chi connectivity index (χ4v) is 3.96. The zero-order valence-corrected chi connectivity index (χ0v) is 19.0. The minimum Gasteiger partial charge on any atom is -0.478 e. The van der Waals surface area contributed by atoms with Gasteiger partial charge in [0.25, 0.3) is 0 Å². The molecule has 0 bridgehead atoms. The Morgan fingerprint density at radius 2 is 1.64 bits per heavy atom. The van der Waals surface area contributed by atoms with Gasteiger partial charge in [-0.05, 0) is 39.8 Å². The van der Waals surface area contributed by atoms with E-state index >= 15 is 0 Å². The van der Waals surface area contributed by atoms with Crippen LogP contribution in [0.3, 0.4) is 0 Å². The number of carbonyl (C=O) groups is 1.